The highest BCUT2D eigenvalue weighted by atomic mass is 16.2. The third kappa shape index (κ3) is 2.28. The van der Waals surface area contributed by atoms with E-state index in [9.17, 15) is 9.59 Å². The number of hydrogen-bond donors (Lipinski definition) is 0. The molecule has 0 spiro atoms. The zero-order valence-electron chi connectivity index (χ0n) is 12.8. The summed E-state index contributed by atoms with van der Waals surface area (Å²) in [7, 11) is 1.78. The number of rotatable bonds is 2. The van der Waals surface area contributed by atoms with Crippen molar-refractivity contribution in [2.24, 2.45) is 18.9 Å². The van der Waals surface area contributed by atoms with Crippen LogP contribution in [0.3, 0.4) is 0 Å². The van der Waals surface area contributed by atoms with Gasteiger partial charge >= 0.3 is 0 Å². The van der Waals surface area contributed by atoms with Crippen LogP contribution in [-0.4, -0.2) is 51.1 Å². The number of pyridine rings is 1. The van der Waals surface area contributed by atoms with Crippen LogP contribution >= 0.6 is 0 Å². The van der Waals surface area contributed by atoms with E-state index in [-0.39, 0.29) is 23.7 Å². The van der Waals surface area contributed by atoms with Gasteiger partial charge < -0.3 is 9.80 Å². The molecule has 0 unspecified atom stereocenters. The van der Waals surface area contributed by atoms with Gasteiger partial charge in [-0.15, -0.1) is 0 Å². The fourth-order valence-corrected chi connectivity index (χ4v) is 3.49. The third-order valence-corrected chi connectivity index (χ3v) is 4.64. The second-order valence-corrected chi connectivity index (χ2v) is 6.14. The number of fused-ring (bicyclic) bond motifs is 1. The number of nitrogens with zero attached hydrogens (tertiary/aromatic N) is 5. The highest BCUT2D eigenvalue weighted by Crippen LogP contribution is 2.35. The van der Waals surface area contributed by atoms with Gasteiger partial charge in [0, 0.05) is 45.0 Å². The molecule has 2 saturated heterocycles. The molecule has 4 heterocycles. The summed E-state index contributed by atoms with van der Waals surface area (Å²) >= 11 is 0. The molecule has 2 aliphatic rings. The van der Waals surface area contributed by atoms with E-state index in [1.165, 1.54) is 0 Å². The number of aryl methyl sites for hydroxylation is 1. The Morgan fingerprint density at radius 2 is 2.13 bits per heavy atom. The smallest absolute Gasteiger partial charge is 0.257 e. The molecule has 0 saturated carbocycles. The SMILES string of the molecule is Cn1cc(C(=O)N2C[C@H]3CN(c4cccnc4)C(=O)[C@H]3C2)cn1. The Labute approximate surface area is 133 Å². The Hall–Kier alpha value is -2.70. The van der Waals surface area contributed by atoms with Crippen LogP contribution < -0.4 is 4.90 Å². The average molecular weight is 311 g/mol. The van der Waals surface area contributed by atoms with Gasteiger partial charge in [0.05, 0.1) is 29.6 Å². The van der Waals surface area contributed by atoms with Crippen LogP contribution in [-0.2, 0) is 11.8 Å². The van der Waals surface area contributed by atoms with E-state index in [0.717, 1.165) is 5.69 Å². The Balaban J connectivity index is 1.49. The van der Waals surface area contributed by atoms with Crippen LogP contribution in [0.5, 0.6) is 0 Å². The summed E-state index contributed by atoms with van der Waals surface area (Å²) in [5.74, 6) is 0.108. The molecule has 0 bridgehead atoms. The minimum Gasteiger partial charge on any atom is -0.337 e. The Bertz CT molecular complexity index is 757. The van der Waals surface area contributed by atoms with Crippen molar-refractivity contribution in [3.63, 3.8) is 0 Å². The first kappa shape index (κ1) is 13.9. The lowest BCUT2D eigenvalue weighted by Crippen LogP contribution is -2.35. The van der Waals surface area contributed by atoms with Crippen LogP contribution in [0.25, 0.3) is 0 Å². The van der Waals surface area contributed by atoms with Crippen LogP contribution in [0, 0.1) is 11.8 Å². The van der Waals surface area contributed by atoms with Crippen molar-refractivity contribution < 1.29 is 9.59 Å². The van der Waals surface area contributed by atoms with Gasteiger partial charge in [0.1, 0.15) is 0 Å². The second kappa shape index (κ2) is 5.19. The van der Waals surface area contributed by atoms with Gasteiger partial charge in [-0.3, -0.25) is 19.3 Å². The zero-order valence-corrected chi connectivity index (χ0v) is 12.8. The van der Waals surface area contributed by atoms with Crippen molar-refractivity contribution in [3.8, 4) is 0 Å². The van der Waals surface area contributed by atoms with Gasteiger partial charge in [0.15, 0.2) is 0 Å². The molecule has 2 atom stereocenters. The quantitative estimate of drug-likeness (QED) is 0.812. The lowest BCUT2D eigenvalue weighted by molar-refractivity contribution is -0.120. The maximum absolute atomic E-state index is 12.6. The standard InChI is InChI=1S/C16H17N5O2/c1-19-7-11(5-18-19)15(22)20-8-12-9-21(16(23)14(12)10-20)13-3-2-4-17-6-13/h2-7,12,14H,8-10H2,1H3/t12-,14-/m0/s1. The first-order valence-corrected chi connectivity index (χ1v) is 7.63. The van der Waals surface area contributed by atoms with E-state index in [1.54, 1.807) is 46.3 Å². The van der Waals surface area contributed by atoms with Crippen molar-refractivity contribution in [1.29, 1.82) is 0 Å². The highest BCUT2D eigenvalue weighted by Gasteiger charge is 2.48. The number of anilines is 1. The van der Waals surface area contributed by atoms with Gasteiger partial charge in [-0.25, -0.2) is 0 Å². The number of hydrogen-bond acceptors (Lipinski definition) is 4. The fourth-order valence-electron chi connectivity index (χ4n) is 3.49. The normalized spacial score (nSPS) is 23.4. The maximum Gasteiger partial charge on any atom is 0.257 e. The number of carbonyl (C=O) groups is 2. The van der Waals surface area contributed by atoms with Crippen LogP contribution in [0.4, 0.5) is 5.69 Å². The first-order valence-electron chi connectivity index (χ1n) is 7.63. The number of aromatic nitrogens is 3. The van der Waals surface area contributed by atoms with Crippen molar-refractivity contribution in [3.05, 3.63) is 42.5 Å². The molecule has 23 heavy (non-hydrogen) atoms. The second-order valence-electron chi connectivity index (χ2n) is 6.14. The summed E-state index contributed by atoms with van der Waals surface area (Å²) in [6, 6.07) is 3.72. The lowest BCUT2D eigenvalue weighted by Gasteiger charge is -2.21. The number of carbonyl (C=O) groups excluding carboxylic acids is 2. The molecule has 2 aromatic heterocycles. The van der Waals surface area contributed by atoms with E-state index < -0.39 is 0 Å². The summed E-state index contributed by atoms with van der Waals surface area (Å²) in [5, 5.41) is 4.04. The molecule has 7 heteroatoms. The summed E-state index contributed by atoms with van der Waals surface area (Å²) in [6.45, 7) is 1.74. The van der Waals surface area contributed by atoms with E-state index in [4.69, 9.17) is 0 Å². The predicted molar refractivity (Wildman–Crippen MR) is 82.7 cm³/mol. The predicted octanol–water partition coefficient (Wildman–Crippen LogP) is 0.550. The first-order chi connectivity index (χ1) is 11.1. The van der Waals surface area contributed by atoms with Gasteiger partial charge in [-0.2, -0.15) is 5.10 Å². The van der Waals surface area contributed by atoms with Crippen LogP contribution in [0.15, 0.2) is 36.9 Å². The summed E-state index contributed by atoms with van der Waals surface area (Å²) in [4.78, 5) is 32.8. The van der Waals surface area contributed by atoms with Crippen molar-refractivity contribution in [2.45, 2.75) is 0 Å². The molecule has 0 radical (unpaired) electrons. The third-order valence-electron chi connectivity index (χ3n) is 4.64. The molecule has 0 aliphatic carbocycles. The molecule has 7 nitrogen and oxygen atoms in total. The molecule has 118 valence electrons. The molecule has 2 aliphatic heterocycles. The van der Waals surface area contributed by atoms with E-state index in [1.807, 2.05) is 12.1 Å². The van der Waals surface area contributed by atoms with Crippen molar-refractivity contribution >= 4 is 17.5 Å². The van der Waals surface area contributed by atoms with E-state index in [2.05, 4.69) is 10.1 Å². The summed E-state index contributed by atoms with van der Waals surface area (Å²) in [6.07, 6.45) is 6.68. The van der Waals surface area contributed by atoms with Crippen molar-refractivity contribution in [1.82, 2.24) is 19.7 Å². The number of likely N-dealkylation sites (tertiary alicyclic amines) is 1. The minimum atomic E-state index is -0.115. The zero-order chi connectivity index (χ0) is 16.0. The van der Waals surface area contributed by atoms with Crippen molar-refractivity contribution in [2.75, 3.05) is 24.5 Å². The molecule has 0 aromatic carbocycles. The molecular formula is C16H17N5O2. The van der Waals surface area contributed by atoms with E-state index >= 15 is 0 Å². The molecule has 2 amide bonds. The molecule has 2 aromatic rings. The molecular weight excluding hydrogens is 294 g/mol. The monoisotopic (exact) mass is 311 g/mol. The maximum atomic E-state index is 12.6. The summed E-state index contributed by atoms with van der Waals surface area (Å²) < 4.78 is 1.61. The van der Waals surface area contributed by atoms with E-state index in [0.29, 0.717) is 25.2 Å². The number of amides is 2. The van der Waals surface area contributed by atoms with Crippen LogP contribution in [0.2, 0.25) is 0 Å². The lowest BCUT2D eigenvalue weighted by atomic mass is 10.0. The molecule has 0 N–H and O–H groups in total. The molecule has 4 rings (SSSR count). The minimum absolute atomic E-state index is 0.0479. The van der Waals surface area contributed by atoms with Gasteiger partial charge in [0.2, 0.25) is 5.91 Å². The fraction of sp³-hybridized carbons (Fsp3) is 0.375. The topological polar surface area (TPSA) is 71.3 Å². The Morgan fingerprint density at radius 3 is 2.78 bits per heavy atom. The van der Waals surface area contributed by atoms with Crippen LogP contribution in [0.1, 0.15) is 10.4 Å². The molecule has 2 fully saturated rings. The Kier molecular flexibility index (Phi) is 3.14. The summed E-state index contributed by atoms with van der Waals surface area (Å²) in [5.41, 5.74) is 1.40. The Morgan fingerprint density at radius 1 is 1.26 bits per heavy atom. The average Bonchev–Trinajstić information content (AvgIpc) is 3.24. The van der Waals surface area contributed by atoms with Gasteiger partial charge in [-0.1, -0.05) is 0 Å². The highest BCUT2D eigenvalue weighted by molar-refractivity contribution is 5.99. The largest absolute Gasteiger partial charge is 0.337 e. The van der Waals surface area contributed by atoms with Gasteiger partial charge in [-0.05, 0) is 12.1 Å². The van der Waals surface area contributed by atoms with Gasteiger partial charge in [0.25, 0.3) is 5.91 Å².